The Morgan fingerprint density at radius 3 is 2.21 bits per heavy atom. The zero-order valence-corrected chi connectivity index (χ0v) is 22.0. The van der Waals surface area contributed by atoms with Gasteiger partial charge in [0.15, 0.2) is 0 Å². The van der Waals surface area contributed by atoms with Gasteiger partial charge >= 0.3 is 0 Å². The molecule has 0 saturated heterocycles. The summed E-state index contributed by atoms with van der Waals surface area (Å²) in [6.07, 6.45) is 3.96. The molecule has 0 aliphatic heterocycles. The quantitative estimate of drug-likeness (QED) is 0.215. The molecule has 0 aliphatic rings. The molecule has 0 unspecified atom stereocenters. The van der Waals surface area contributed by atoms with Crippen molar-refractivity contribution in [2.75, 3.05) is 0 Å². The smallest absolute Gasteiger partial charge is 0.0494 e. The van der Waals surface area contributed by atoms with Crippen LogP contribution in [0.15, 0.2) is 137 Å². The predicted octanol–water partition coefficient (Wildman–Crippen LogP) is 10.7. The summed E-state index contributed by atoms with van der Waals surface area (Å²) < 4.78 is 2.68. The minimum Gasteiger partial charge on any atom is -0.264 e. The number of hydrogen-bond acceptors (Lipinski definition) is 3. The summed E-state index contributed by atoms with van der Waals surface area (Å²) in [4.78, 5) is 7.17. The fourth-order valence-electron chi connectivity index (χ4n) is 5.66. The number of hydrogen-bond donors (Lipinski definition) is 0. The molecule has 0 bridgehead atoms. The summed E-state index contributed by atoms with van der Waals surface area (Å²) in [5.41, 5.74) is 2.47. The van der Waals surface area contributed by atoms with Crippen molar-refractivity contribution in [3.05, 3.63) is 128 Å². The number of nitrogens with zero attached hydrogens (tertiary/aromatic N) is 1. The van der Waals surface area contributed by atoms with Crippen LogP contribution in [0, 0.1) is 0 Å². The average molecular weight is 520 g/mol. The second kappa shape index (κ2) is 8.70. The summed E-state index contributed by atoms with van der Waals surface area (Å²) >= 11 is 3.77. The Bertz CT molecular complexity index is 2120. The molecule has 2 heterocycles. The van der Waals surface area contributed by atoms with Crippen LogP contribution in [0.5, 0.6) is 0 Å². The number of thiophene rings is 1. The molecule has 0 amide bonds. The maximum atomic E-state index is 4.59. The zero-order valence-electron chi connectivity index (χ0n) is 20.4. The third-order valence-electron chi connectivity index (χ3n) is 7.39. The largest absolute Gasteiger partial charge is 0.264 e. The van der Waals surface area contributed by atoms with Gasteiger partial charge in [-0.25, -0.2) is 0 Å². The van der Waals surface area contributed by atoms with Gasteiger partial charge in [-0.15, -0.1) is 11.3 Å². The SMILES string of the molecule is c1ccc2cc(-c3c4ccccc4c(Sc4cccc5c4sc4ccccc45)c4ccncc34)ccc2c1. The molecular weight excluding hydrogens is 499 g/mol. The van der Waals surface area contributed by atoms with Crippen LogP contribution >= 0.6 is 23.1 Å². The first-order valence-electron chi connectivity index (χ1n) is 12.7. The molecule has 38 heavy (non-hydrogen) atoms. The van der Waals surface area contributed by atoms with E-state index >= 15 is 0 Å². The minimum absolute atomic E-state index is 1.19. The molecule has 1 nitrogen and oxygen atoms in total. The number of aromatic nitrogens is 1. The van der Waals surface area contributed by atoms with Crippen molar-refractivity contribution < 1.29 is 0 Å². The highest BCUT2D eigenvalue weighted by molar-refractivity contribution is 8.00. The molecule has 6 aromatic carbocycles. The van der Waals surface area contributed by atoms with Crippen LogP contribution in [0.2, 0.25) is 0 Å². The fourth-order valence-corrected chi connectivity index (χ4v) is 8.16. The normalized spacial score (nSPS) is 11.8. The molecule has 0 atom stereocenters. The van der Waals surface area contributed by atoms with E-state index in [1.54, 1.807) is 0 Å². The third-order valence-corrected chi connectivity index (χ3v) is 9.95. The summed E-state index contributed by atoms with van der Waals surface area (Å²) in [6.45, 7) is 0. The number of rotatable bonds is 3. The summed E-state index contributed by atoms with van der Waals surface area (Å²) in [7, 11) is 0. The molecular formula is C35H21NS2. The van der Waals surface area contributed by atoms with Gasteiger partial charge in [-0.2, -0.15) is 0 Å². The Kier molecular flexibility index (Phi) is 5.00. The average Bonchev–Trinajstić information content (AvgIpc) is 3.37. The Hall–Kier alpha value is -4.18. The second-order valence-electron chi connectivity index (χ2n) is 9.57. The molecule has 8 rings (SSSR count). The molecule has 2 aromatic heterocycles. The van der Waals surface area contributed by atoms with Crippen molar-refractivity contribution in [3.8, 4) is 11.1 Å². The summed E-state index contributed by atoms with van der Waals surface area (Å²) in [6, 6.07) is 41.8. The topological polar surface area (TPSA) is 12.9 Å². The van der Waals surface area contributed by atoms with E-state index in [-0.39, 0.29) is 0 Å². The standard InChI is InChI=1S/C35H21NS2/c1-2-9-23-20-24(17-16-22(23)8-1)33-26-11-3-4-12-28(26)34(29-18-19-36-21-30(29)33)38-32-15-7-13-27-25-10-5-6-14-31(25)37-35(27)32/h1-21H. The molecule has 0 N–H and O–H groups in total. The lowest BCUT2D eigenvalue weighted by atomic mass is 9.92. The van der Waals surface area contributed by atoms with E-state index in [1.807, 2.05) is 35.5 Å². The second-order valence-corrected chi connectivity index (χ2v) is 11.7. The van der Waals surface area contributed by atoms with Crippen LogP contribution in [0.3, 0.4) is 0 Å². The van der Waals surface area contributed by atoms with Crippen LogP contribution in [0.1, 0.15) is 0 Å². The van der Waals surface area contributed by atoms with E-state index in [9.17, 15) is 0 Å². The lowest BCUT2D eigenvalue weighted by Gasteiger charge is -2.17. The molecule has 0 fully saturated rings. The van der Waals surface area contributed by atoms with Gasteiger partial charge in [0.2, 0.25) is 0 Å². The lowest BCUT2D eigenvalue weighted by Crippen LogP contribution is -1.90. The fraction of sp³-hybridized carbons (Fsp3) is 0. The predicted molar refractivity (Wildman–Crippen MR) is 166 cm³/mol. The third kappa shape index (κ3) is 3.36. The highest BCUT2D eigenvalue weighted by atomic mass is 32.2. The van der Waals surface area contributed by atoms with Gasteiger partial charge in [-0.3, -0.25) is 4.98 Å². The monoisotopic (exact) mass is 519 g/mol. The summed E-state index contributed by atoms with van der Waals surface area (Å²) in [5.74, 6) is 0. The van der Waals surface area contributed by atoms with E-state index in [1.165, 1.54) is 73.4 Å². The van der Waals surface area contributed by atoms with E-state index < -0.39 is 0 Å². The molecule has 0 saturated carbocycles. The van der Waals surface area contributed by atoms with Crippen LogP contribution in [-0.2, 0) is 0 Å². The number of fused-ring (bicyclic) bond motifs is 6. The van der Waals surface area contributed by atoms with Gasteiger partial charge in [-0.1, -0.05) is 103 Å². The molecule has 0 aliphatic carbocycles. The number of benzene rings is 6. The van der Waals surface area contributed by atoms with E-state index in [4.69, 9.17) is 0 Å². The minimum atomic E-state index is 1.19. The first-order valence-corrected chi connectivity index (χ1v) is 14.3. The first-order chi connectivity index (χ1) is 18.8. The van der Waals surface area contributed by atoms with Gasteiger partial charge in [0.25, 0.3) is 0 Å². The Balaban J connectivity index is 1.41. The van der Waals surface area contributed by atoms with Crippen LogP contribution in [-0.4, -0.2) is 4.98 Å². The molecule has 178 valence electrons. The van der Waals surface area contributed by atoms with Crippen LogP contribution < -0.4 is 0 Å². The van der Waals surface area contributed by atoms with E-state index in [2.05, 4.69) is 120 Å². The lowest BCUT2D eigenvalue weighted by molar-refractivity contribution is 1.36. The molecule has 8 aromatic rings. The van der Waals surface area contributed by atoms with Crippen molar-refractivity contribution in [1.29, 1.82) is 0 Å². The van der Waals surface area contributed by atoms with Crippen LogP contribution in [0.4, 0.5) is 0 Å². The van der Waals surface area contributed by atoms with Gasteiger partial charge in [0.05, 0.1) is 0 Å². The summed E-state index contributed by atoms with van der Waals surface area (Å²) in [5, 5.41) is 10.1. The van der Waals surface area contributed by atoms with Crippen molar-refractivity contribution in [2.24, 2.45) is 0 Å². The van der Waals surface area contributed by atoms with Gasteiger partial charge in [0, 0.05) is 47.7 Å². The van der Waals surface area contributed by atoms with Crippen molar-refractivity contribution in [3.63, 3.8) is 0 Å². The van der Waals surface area contributed by atoms with Gasteiger partial charge < -0.3 is 0 Å². The van der Waals surface area contributed by atoms with Crippen molar-refractivity contribution in [1.82, 2.24) is 4.98 Å². The Morgan fingerprint density at radius 1 is 0.553 bits per heavy atom. The first kappa shape index (κ1) is 21.9. The van der Waals surface area contributed by atoms with Crippen molar-refractivity contribution >= 4 is 75.6 Å². The Morgan fingerprint density at radius 2 is 1.29 bits per heavy atom. The molecule has 3 heteroatoms. The molecule has 0 radical (unpaired) electrons. The highest BCUT2D eigenvalue weighted by Gasteiger charge is 2.18. The maximum Gasteiger partial charge on any atom is 0.0494 e. The van der Waals surface area contributed by atoms with E-state index in [0.717, 1.165) is 0 Å². The Labute approximate surface area is 228 Å². The van der Waals surface area contributed by atoms with E-state index in [0.29, 0.717) is 0 Å². The van der Waals surface area contributed by atoms with Crippen LogP contribution in [0.25, 0.3) is 63.6 Å². The maximum absolute atomic E-state index is 4.59. The van der Waals surface area contributed by atoms with Crippen molar-refractivity contribution in [2.45, 2.75) is 9.79 Å². The van der Waals surface area contributed by atoms with Gasteiger partial charge in [0.1, 0.15) is 0 Å². The van der Waals surface area contributed by atoms with Gasteiger partial charge in [-0.05, 0) is 62.3 Å². The zero-order chi connectivity index (χ0) is 25.1. The molecule has 0 spiro atoms. The number of pyridine rings is 1. The highest BCUT2D eigenvalue weighted by Crippen LogP contribution is 2.48.